The third kappa shape index (κ3) is 4.62. The summed E-state index contributed by atoms with van der Waals surface area (Å²) in [6, 6.07) is 11.8. The maximum Gasteiger partial charge on any atom is 0.434 e. The Morgan fingerprint density at radius 3 is 2.56 bits per heavy atom. The van der Waals surface area contributed by atoms with Gasteiger partial charge in [-0.2, -0.15) is 18.3 Å². The Labute approximate surface area is 156 Å². The van der Waals surface area contributed by atoms with E-state index < -0.39 is 17.7 Å². The Morgan fingerprint density at radius 1 is 1.15 bits per heavy atom. The number of aromatic nitrogens is 1. The maximum absolute atomic E-state index is 13.3. The summed E-state index contributed by atoms with van der Waals surface area (Å²) in [5, 5.41) is 3.89. The third-order valence-electron chi connectivity index (χ3n) is 3.47. The van der Waals surface area contributed by atoms with Gasteiger partial charge < -0.3 is 4.74 Å². The highest BCUT2D eigenvalue weighted by Crippen LogP contribution is 2.41. The van der Waals surface area contributed by atoms with Crippen molar-refractivity contribution >= 4 is 22.7 Å². The number of ether oxygens (including phenoxy) is 1. The van der Waals surface area contributed by atoms with Gasteiger partial charge in [-0.15, -0.1) is 0 Å². The van der Waals surface area contributed by atoms with Crippen LogP contribution in [0.3, 0.4) is 0 Å². The van der Waals surface area contributed by atoms with E-state index in [0.29, 0.717) is 11.3 Å². The molecule has 0 aliphatic heterocycles. The number of hydrogen-bond acceptors (Lipinski definition) is 5. The fraction of sp³-hybridized carbons (Fsp3) is 0.111. The van der Waals surface area contributed by atoms with E-state index in [4.69, 9.17) is 4.74 Å². The molecule has 1 aromatic heterocycles. The molecule has 3 rings (SSSR count). The van der Waals surface area contributed by atoms with Crippen LogP contribution in [0, 0.1) is 5.82 Å². The molecule has 0 saturated carbocycles. The van der Waals surface area contributed by atoms with Gasteiger partial charge >= 0.3 is 6.18 Å². The molecule has 9 heteroatoms. The van der Waals surface area contributed by atoms with Gasteiger partial charge in [-0.05, 0) is 35.4 Å². The van der Waals surface area contributed by atoms with Gasteiger partial charge in [0.05, 0.1) is 18.2 Å². The summed E-state index contributed by atoms with van der Waals surface area (Å²) >= 11 is 0.785. The van der Waals surface area contributed by atoms with Gasteiger partial charge in [-0.25, -0.2) is 9.37 Å². The SMILES string of the molecule is COc1cccc(/C=N\Nc2nc(C(F)(F)F)c(-c3ccc(F)cc3)s2)c1. The topological polar surface area (TPSA) is 46.5 Å². The smallest absolute Gasteiger partial charge is 0.434 e. The van der Waals surface area contributed by atoms with E-state index in [1.165, 1.54) is 25.5 Å². The van der Waals surface area contributed by atoms with Crippen LogP contribution in [0.4, 0.5) is 22.7 Å². The highest BCUT2D eigenvalue weighted by Gasteiger charge is 2.38. The van der Waals surface area contributed by atoms with Crippen LogP contribution in [-0.4, -0.2) is 18.3 Å². The Balaban J connectivity index is 1.86. The molecule has 0 radical (unpaired) electrons. The van der Waals surface area contributed by atoms with Crippen molar-refractivity contribution in [2.45, 2.75) is 6.18 Å². The first-order valence-corrected chi connectivity index (χ1v) is 8.45. The van der Waals surface area contributed by atoms with E-state index in [1.807, 2.05) is 0 Å². The number of benzene rings is 2. The Hall–Kier alpha value is -2.94. The van der Waals surface area contributed by atoms with Crippen molar-refractivity contribution in [3.63, 3.8) is 0 Å². The molecule has 27 heavy (non-hydrogen) atoms. The largest absolute Gasteiger partial charge is 0.497 e. The lowest BCUT2D eigenvalue weighted by Gasteiger charge is -2.05. The molecule has 0 amide bonds. The number of hydrazone groups is 1. The van der Waals surface area contributed by atoms with Crippen LogP contribution in [0.5, 0.6) is 5.75 Å². The quantitative estimate of drug-likeness (QED) is 0.356. The molecule has 0 unspecified atom stereocenters. The second kappa shape index (κ2) is 7.75. The Kier molecular flexibility index (Phi) is 5.41. The van der Waals surface area contributed by atoms with E-state index in [-0.39, 0.29) is 15.6 Å². The summed E-state index contributed by atoms with van der Waals surface area (Å²) in [6.45, 7) is 0. The summed E-state index contributed by atoms with van der Waals surface area (Å²) in [7, 11) is 1.53. The Bertz CT molecular complexity index is 952. The monoisotopic (exact) mass is 395 g/mol. The van der Waals surface area contributed by atoms with E-state index in [2.05, 4.69) is 15.5 Å². The molecule has 2 aromatic carbocycles. The number of thiazole rings is 1. The zero-order valence-electron chi connectivity index (χ0n) is 13.9. The van der Waals surface area contributed by atoms with E-state index >= 15 is 0 Å². The van der Waals surface area contributed by atoms with E-state index in [1.54, 1.807) is 24.3 Å². The van der Waals surface area contributed by atoms with Crippen LogP contribution in [0.2, 0.25) is 0 Å². The number of hydrogen-bond donors (Lipinski definition) is 1. The summed E-state index contributed by atoms with van der Waals surface area (Å²) in [5.41, 5.74) is 2.39. The molecule has 0 fully saturated rings. The molecule has 0 atom stereocenters. The highest BCUT2D eigenvalue weighted by molar-refractivity contribution is 7.19. The van der Waals surface area contributed by atoms with E-state index in [9.17, 15) is 17.6 Å². The van der Waals surface area contributed by atoms with Gasteiger partial charge in [0.2, 0.25) is 5.13 Å². The van der Waals surface area contributed by atoms with Crippen molar-refractivity contribution in [2.75, 3.05) is 12.5 Å². The maximum atomic E-state index is 13.3. The second-order valence-corrected chi connectivity index (χ2v) is 6.35. The van der Waals surface area contributed by atoms with Crippen LogP contribution >= 0.6 is 11.3 Å². The third-order valence-corrected chi connectivity index (χ3v) is 4.48. The fourth-order valence-electron chi connectivity index (χ4n) is 2.24. The van der Waals surface area contributed by atoms with Gasteiger partial charge in [-0.1, -0.05) is 35.6 Å². The molecule has 0 aliphatic carbocycles. The minimum atomic E-state index is -4.64. The molecule has 4 nitrogen and oxygen atoms in total. The highest BCUT2D eigenvalue weighted by atomic mass is 32.1. The van der Waals surface area contributed by atoms with Crippen molar-refractivity contribution in [3.05, 3.63) is 65.6 Å². The van der Waals surface area contributed by atoms with Crippen molar-refractivity contribution < 1.29 is 22.3 Å². The number of nitrogens with one attached hydrogen (secondary N) is 1. The molecule has 0 saturated heterocycles. The number of methoxy groups -OCH3 is 1. The lowest BCUT2D eigenvalue weighted by molar-refractivity contribution is -0.140. The molecular weight excluding hydrogens is 382 g/mol. The average Bonchev–Trinajstić information content (AvgIpc) is 3.07. The fourth-order valence-corrected chi connectivity index (χ4v) is 3.18. The number of nitrogens with zero attached hydrogens (tertiary/aromatic N) is 2. The lowest BCUT2D eigenvalue weighted by Crippen LogP contribution is -2.07. The predicted octanol–water partition coefficient (Wildman–Crippen LogP) is 5.42. The first kappa shape index (κ1) is 18.8. The number of alkyl halides is 3. The van der Waals surface area contributed by atoms with E-state index in [0.717, 1.165) is 23.5 Å². The zero-order chi connectivity index (χ0) is 19.4. The Morgan fingerprint density at radius 2 is 1.89 bits per heavy atom. The van der Waals surface area contributed by atoms with Crippen molar-refractivity contribution in [2.24, 2.45) is 5.10 Å². The molecular formula is C18H13F4N3OS. The minimum Gasteiger partial charge on any atom is -0.497 e. The van der Waals surface area contributed by atoms with Crippen molar-refractivity contribution in [1.29, 1.82) is 0 Å². The normalized spacial score (nSPS) is 11.7. The van der Waals surface area contributed by atoms with Gasteiger partial charge in [0, 0.05) is 0 Å². The molecule has 0 spiro atoms. The number of halogens is 4. The van der Waals surface area contributed by atoms with Crippen LogP contribution in [0.25, 0.3) is 10.4 Å². The number of rotatable bonds is 5. The standard InChI is InChI=1S/C18H13F4N3OS/c1-26-14-4-2-3-11(9-14)10-23-25-17-24-16(18(20,21)22)15(27-17)12-5-7-13(19)8-6-12/h2-10H,1H3,(H,24,25)/b23-10-. The first-order valence-electron chi connectivity index (χ1n) is 7.64. The summed E-state index contributed by atoms with van der Waals surface area (Å²) in [6.07, 6.45) is -3.20. The van der Waals surface area contributed by atoms with Gasteiger partial charge in [0.15, 0.2) is 5.69 Å². The summed E-state index contributed by atoms with van der Waals surface area (Å²) in [4.78, 5) is 3.49. The van der Waals surface area contributed by atoms with Crippen molar-refractivity contribution in [1.82, 2.24) is 4.98 Å². The first-order chi connectivity index (χ1) is 12.9. The number of anilines is 1. The minimum absolute atomic E-state index is 0.0270. The molecule has 1 heterocycles. The van der Waals surface area contributed by atoms with Crippen molar-refractivity contribution in [3.8, 4) is 16.2 Å². The summed E-state index contributed by atoms with van der Waals surface area (Å²) < 4.78 is 58.0. The van der Waals surface area contributed by atoms with Crippen LogP contribution < -0.4 is 10.2 Å². The van der Waals surface area contributed by atoms with Gasteiger partial charge in [0.1, 0.15) is 11.6 Å². The van der Waals surface area contributed by atoms with Gasteiger partial charge in [-0.3, -0.25) is 5.43 Å². The average molecular weight is 395 g/mol. The zero-order valence-corrected chi connectivity index (χ0v) is 14.7. The second-order valence-electron chi connectivity index (χ2n) is 5.35. The molecule has 0 bridgehead atoms. The predicted molar refractivity (Wildman–Crippen MR) is 96.7 cm³/mol. The van der Waals surface area contributed by atoms with Crippen LogP contribution in [0.15, 0.2) is 53.6 Å². The van der Waals surface area contributed by atoms with Gasteiger partial charge in [0.25, 0.3) is 0 Å². The van der Waals surface area contributed by atoms with Crippen LogP contribution in [-0.2, 0) is 6.18 Å². The van der Waals surface area contributed by atoms with Crippen LogP contribution in [0.1, 0.15) is 11.3 Å². The molecule has 3 aromatic rings. The summed E-state index contributed by atoms with van der Waals surface area (Å²) in [5.74, 6) is 0.101. The molecule has 140 valence electrons. The molecule has 0 aliphatic rings. The molecule has 1 N–H and O–H groups in total. The lowest BCUT2D eigenvalue weighted by atomic mass is 10.1.